The van der Waals surface area contributed by atoms with Crippen LogP contribution in [-0.4, -0.2) is 35.8 Å². The minimum atomic E-state index is -0.570. The van der Waals surface area contributed by atoms with Crippen LogP contribution in [0.5, 0.6) is 0 Å². The highest BCUT2D eigenvalue weighted by Gasteiger charge is 2.22. The Bertz CT molecular complexity index is 1110. The molecule has 146 valence electrons. The molecule has 0 aliphatic heterocycles. The number of carbonyl (C=O) groups excluding carboxylic acids is 2. The topological polar surface area (TPSA) is 70.4 Å². The number of aryl methyl sites for hydroxylation is 2. The zero-order chi connectivity index (χ0) is 20.6. The first-order valence-electron chi connectivity index (χ1n) is 8.40. The lowest BCUT2D eigenvalue weighted by Crippen LogP contribution is -2.16. The van der Waals surface area contributed by atoms with Crippen molar-refractivity contribution >= 4 is 46.3 Å². The van der Waals surface area contributed by atoms with Gasteiger partial charge in [-0.05, 0) is 49.2 Å². The molecule has 8 heteroatoms. The van der Waals surface area contributed by atoms with E-state index in [-0.39, 0.29) is 17.0 Å². The normalized spacial score (nSPS) is 10.9. The predicted octanol–water partition coefficient (Wildman–Crippen LogP) is 4.95. The number of benzene rings is 1. The van der Waals surface area contributed by atoms with E-state index in [1.54, 1.807) is 6.07 Å². The standard InChI is InChI=1S/C20H18Cl2N2O4/c1-10-7-11(2)23-18-14(10)8-12(24(18)20(26)28-4)9-15-16(21)6-5-13(17(15)22)19(25)27-3/h5-8H,9H2,1-4H3. The van der Waals surface area contributed by atoms with Crippen molar-refractivity contribution in [3.8, 4) is 0 Å². The summed E-state index contributed by atoms with van der Waals surface area (Å²) in [6.07, 6.45) is -0.370. The van der Waals surface area contributed by atoms with Gasteiger partial charge in [0.2, 0.25) is 0 Å². The molecule has 2 aromatic heterocycles. The van der Waals surface area contributed by atoms with Crippen LogP contribution in [0.2, 0.25) is 10.0 Å². The van der Waals surface area contributed by atoms with Crippen LogP contribution in [0.15, 0.2) is 24.3 Å². The van der Waals surface area contributed by atoms with Gasteiger partial charge in [0.1, 0.15) is 5.65 Å². The summed E-state index contributed by atoms with van der Waals surface area (Å²) in [6, 6.07) is 6.87. The van der Waals surface area contributed by atoms with Crippen LogP contribution >= 0.6 is 23.2 Å². The van der Waals surface area contributed by atoms with Gasteiger partial charge in [-0.2, -0.15) is 0 Å². The number of hydrogen-bond acceptors (Lipinski definition) is 5. The Morgan fingerprint density at radius 2 is 1.82 bits per heavy atom. The fourth-order valence-corrected chi connectivity index (χ4v) is 3.76. The van der Waals surface area contributed by atoms with Gasteiger partial charge in [0.05, 0.1) is 24.8 Å². The van der Waals surface area contributed by atoms with Crippen molar-refractivity contribution in [3.05, 3.63) is 62.4 Å². The molecule has 0 saturated heterocycles. The lowest BCUT2D eigenvalue weighted by Gasteiger charge is -2.12. The van der Waals surface area contributed by atoms with Crippen LogP contribution in [0.3, 0.4) is 0 Å². The summed E-state index contributed by atoms with van der Waals surface area (Å²) in [5.41, 5.74) is 3.56. The smallest absolute Gasteiger partial charge is 0.419 e. The molecular formula is C20H18Cl2N2O4. The van der Waals surface area contributed by atoms with Crippen molar-refractivity contribution in [3.63, 3.8) is 0 Å². The summed E-state index contributed by atoms with van der Waals surface area (Å²) in [6.45, 7) is 3.80. The van der Waals surface area contributed by atoms with Crippen molar-refractivity contribution in [1.82, 2.24) is 9.55 Å². The van der Waals surface area contributed by atoms with E-state index in [1.807, 2.05) is 26.0 Å². The molecule has 0 fully saturated rings. The van der Waals surface area contributed by atoms with Gasteiger partial charge in [-0.1, -0.05) is 23.2 Å². The van der Waals surface area contributed by atoms with E-state index < -0.39 is 12.1 Å². The first kappa shape index (κ1) is 20.2. The summed E-state index contributed by atoms with van der Waals surface area (Å²) < 4.78 is 11.1. The average Bonchev–Trinajstić information content (AvgIpc) is 3.02. The highest BCUT2D eigenvalue weighted by atomic mass is 35.5. The van der Waals surface area contributed by atoms with Gasteiger partial charge < -0.3 is 9.47 Å². The number of carbonyl (C=O) groups is 2. The molecular weight excluding hydrogens is 403 g/mol. The second-order valence-corrected chi connectivity index (χ2v) is 7.10. The molecule has 0 N–H and O–H groups in total. The van der Waals surface area contributed by atoms with E-state index in [2.05, 4.69) is 4.98 Å². The second-order valence-electron chi connectivity index (χ2n) is 6.31. The third-order valence-corrected chi connectivity index (χ3v) is 5.28. The Hall–Kier alpha value is -2.57. The number of fused-ring (bicyclic) bond motifs is 1. The van der Waals surface area contributed by atoms with Gasteiger partial charge in [0, 0.05) is 28.2 Å². The van der Waals surface area contributed by atoms with Crippen molar-refractivity contribution in [2.24, 2.45) is 0 Å². The van der Waals surface area contributed by atoms with Crippen LogP contribution in [0.25, 0.3) is 11.0 Å². The van der Waals surface area contributed by atoms with Crippen LogP contribution in [0.1, 0.15) is 32.9 Å². The number of hydrogen-bond donors (Lipinski definition) is 0. The Morgan fingerprint density at radius 1 is 1.11 bits per heavy atom. The molecule has 0 spiro atoms. The molecule has 0 aliphatic carbocycles. The van der Waals surface area contributed by atoms with E-state index in [0.717, 1.165) is 16.6 Å². The SMILES string of the molecule is COC(=O)c1ccc(Cl)c(Cc2cc3c(C)cc(C)nc3n2C(=O)OC)c1Cl. The maximum atomic E-state index is 12.5. The Balaban J connectivity index is 2.22. The summed E-state index contributed by atoms with van der Waals surface area (Å²) in [5.74, 6) is -0.565. The highest BCUT2D eigenvalue weighted by Crippen LogP contribution is 2.33. The second kappa shape index (κ2) is 7.81. The molecule has 3 rings (SSSR count). The molecule has 0 amide bonds. The number of nitrogens with zero attached hydrogens (tertiary/aromatic N) is 2. The summed E-state index contributed by atoms with van der Waals surface area (Å²) in [4.78, 5) is 28.9. The van der Waals surface area contributed by atoms with Gasteiger partial charge >= 0.3 is 12.1 Å². The zero-order valence-electron chi connectivity index (χ0n) is 15.8. The summed E-state index contributed by atoms with van der Waals surface area (Å²) in [7, 11) is 2.58. The van der Waals surface area contributed by atoms with Crippen molar-refractivity contribution in [2.75, 3.05) is 14.2 Å². The molecule has 0 radical (unpaired) electrons. The Labute approximate surface area is 172 Å². The molecule has 0 bridgehead atoms. The number of aromatic nitrogens is 2. The van der Waals surface area contributed by atoms with E-state index in [4.69, 9.17) is 32.7 Å². The minimum absolute atomic E-state index is 0.182. The van der Waals surface area contributed by atoms with E-state index in [1.165, 1.54) is 24.9 Å². The zero-order valence-corrected chi connectivity index (χ0v) is 17.3. The number of methoxy groups -OCH3 is 2. The average molecular weight is 421 g/mol. The molecule has 28 heavy (non-hydrogen) atoms. The molecule has 6 nitrogen and oxygen atoms in total. The fourth-order valence-electron chi connectivity index (χ4n) is 3.18. The fraction of sp³-hybridized carbons (Fsp3) is 0.250. The molecule has 0 saturated carbocycles. The quantitative estimate of drug-likeness (QED) is 0.560. The number of esters is 1. The van der Waals surface area contributed by atoms with Gasteiger partial charge in [-0.15, -0.1) is 0 Å². The molecule has 3 aromatic rings. The van der Waals surface area contributed by atoms with Crippen LogP contribution in [0.4, 0.5) is 4.79 Å². The first-order valence-corrected chi connectivity index (χ1v) is 9.16. The van der Waals surface area contributed by atoms with Gasteiger partial charge in [0.25, 0.3) is 0 Å². The maximum Gasteiger partial charge on any atom is 0.419 e. The van der Waals surface area contributed by atoms with Gasteiger partial charge in [0.15, 0.2) is 0 Å². The molecule has 0 aliphatic rings. The third kappa shape index (κ3) is 3.45. The summed E-state index contributed by atoms with van der Waals surface area (Å²) >= 11 is 12.8. The monoisotopic (exact) mass is 420 g/mol. The van der Waals surface area contributed by atoms with Gasteiger partial charge in [-0.25, -0.2) is 19.1 Å². The number of ether oxygens (including phenoxy) is 2. The van der Waals surface area contributed by atoms with Gasteiger partial charge in [-0.3, -0.25) is 0 Å². The first-order chi connectivity index (χ1) is 13.3. The number of pyridine rings is 1. The van der Waals surface area contributed by atoms with Crippen LogP contribution in [0, 0.1) is 13.8 Å². The van der Waals surface area contributed by atoms with E-state index in [0.29, 0.717) is 21.9 Å². The lowest BCUT2D eigenvalue weighted by molar-refractivity contribution is 0.0600. The Morgan fingerprint density at radius 3 is 2.46 bits per heavy atom. The Kier molecular flexibility index (Phi) is 5.63. The third-order valence-electron chi connectivity index (χ3n) is 4.49. The van der Waals surface area contributed by atoms with Crippen LogP contribution in [-0.2, 0) is 15.9 Å². The summed E-state index contributed by atoms with van der Waals surface area (Å²) in [5, 5.41) is 1.38. The molecule has 0 atom stereocenters. The largest absolute Gasteiger partial charge is 0.465 e. The maximum absolute atomic E-state index is 12.5. The van der Waals surface area contributed by atoms with Crippen molar-refractivity contribution in [2.45, 2.75) is 20.3 Å². The lowest BCUT2D eigenvalue weighted by atomic mass is 10.1. The van der Waals surface area contributed by atoms with E-state index in [9.17, 15) is 9.59 Å². The van der Waals surface area contributed by atoms with Crippen molar-refractivity contribution in [1.29, 1.82) is 0 Å². The molecule has 1 aromatic carbocycles. The number of rotatable bonds is 3. The minimum Gasteiger partial charge on any atom is -0.465 e. The predicted molar refractivity (Wildman–Crippen MR) is 108 cm³/mol. The number of halogens is 2. The molecule has 0 unspecified atom stereocenters. The highest BCUT2D eigenvalue weighted by molar-refractivity contribution is 6.38. The van der Waals surface area contributed by atoms with Crippen molar-refractivity contribution < 1.29 is 19.1 Å². The van der Waals surface area contributed by atoms with E-state index >= 15 is 0 Å². The van der Waals surface area contributed by atoms with Crippen LogP contribution < -0.4 is 0 Å². The molecule has 2 heterocycles.